The van der Waals surface area contributed by atoms with Crippen molar-refractivity contribution in [3.05, 3.63) is 41.5 Å². The molecule has 1 aliphatic carbocycles. The fourth-order valence-electron chi connectivity index (χ4n) is 2.99. The van der Waals surface area contributed by atoms with E-state index in [0.717, 1.165) is 5.56 Å². The molecule has 3 atom stereocenters. The molecule has 2 fully saturated rings. The molecule has 4 rings (SSSR count). The summed E-state index contributed by atoms with van der Waals surface area (Å²) >= 11 is 0. The van der Waals surface area contributed by atoms with Crippen LogP contribution in [0.25, 0.3) is 6.08 Å². The minimum absolute atomic E-state index is 0.509. The number of sulfonamides is 1. The molecule has 2 unspecified atom stereocenters. The molecule has 1 aromatic rings. The van der Waals surface area contributed by atoms with E-state index in [-0.39, 0.29) is 0 Å². The lowest BCUT2D eigenvalue weighted by molar-refractivity contribution is -0.187. The Labute approximate surface area is 103 Å². The second-order valence-electron chi connectivity index (χ2n) is 4.71. The van der Waals surface area contributed by atoms with Gasteiger partial charge in [0.15, 0.2) is 11.6 Å². The maximum atomic E-state index is 12.2. The van der Waals surface area contributed by atoms with E-state index in [9.17, 15) is 13.2 Å². The van der Waals surface area contributed by atoms with E-state index in [4.69, 9.17) is 4.74 Å². The Hall–Kier alpha value is -1.66. The lowest BCUT2D eigenvalue weighted by Crippen LogP contribution is -2.63. The van der Waals surface area contributed by atoms with E-state index in [2.05, 4.69) is 4.72 Å². The molecule has 92 valence electrons. The van der Waals surface area contributed by atoms with Crippen LogP contribution in [0.15, 0.2) is 30.3 Å². The summed E-state index contributed by atoms with van der Waals surface area (Å²) in [5, 5.41) is -0.839. The van der Waals surface area contributed by atoms with Crippen LogP contribution in [0.5, 0.6) is 0 Å². The van der Waals surface area contributed by atoms with E-state index >= 15 is 0 Å². The first-order valence-corrected chi connectivity index (χ1v) is 7.11. The maximum absolute atomic E-state index is 12.2. The number of esters is 1. The SMILES string of the molecule is O=C1OC23C=Cc4ccccc4C2S(=O)(=O)N[C@H]13. The molecule has 0 bridgehead atoms. The van der Waals surface area contributed by atoms with Crippen LogP contribution in [-0.4, -0.2) is 26.0 Å². The molecule has 1 spiro atoms. The normalized spacial score (nSPS) is 38.1. The number of hydrogen-bond donors (Lipinski definition) is 1. The van der Waals surface area contributed by atoms with Crippen molar-refractivity contribution < 1.29 is 17.9 Å². The molecule has 1 aromatic carbocycles. The van der Waals surface area contributed by atoms with Crippen molar-refractivity contribution in [1.82, 2.24) is 4.72 Å². The topological polar surface area (TPSA) is 72.5 Å². The summed E-state index contributed by atoms with van der Waals surface area (Å²) in [5.74, 6) is -0.509. The van der Waals surface area contributed by atoms with Gasteiger partial charge in [-0.2, -0.15) is 4.72 Å². The van der Waals surface area contributed by atoms with Crippen LogP contribution >= 0.6 is 0 Å². The van der Waals surface area contributed by atoms with Crippen molar-refractivity contribution in [1.29, 1.82) is 0 Å². The van der Waals surface area contributed by atoms with Gasteiger partial charge in [-0.1, -0.05) is 30.3 Å². The number of carbonyl (C=O) groups excluding carboxylic acids is 1. The van der Waals surface area contributed by atoms with Crippen LogP contribution in [0, 0.1) is 0 Å². The number of nitrogens with one attached hydrogen (secondary N) is 1. The van der Waals surface area contributed by atoms with Gasteiger partial charge in [-0.3, -0.25) is 4.79 Å². The number of ether oxygens (including phenoxy) is 1. The first-order chi connectivity index (χ1) is 8.55. The predicted molar refractivity (Wildman–Crippen MR) is 62.9 cm³/mol. The van der Waals surface area contributed by atoms with Gasteiger partial charge in [0, 0.05) is 0 Å². The lowest BCUT2D eigenvalue weighted by atomic mass is 9.77. The van der Waals surface area contributed by atoms with Crippen molar-refractivity contribution in [2.75, 3.05) is 0 Å². The molecule has 2 heterocycles. The first-order valence-electron chi connectivity index (χ1n) is 5.57. The number of carbonyl (C=O) groups is 1. The van der Waals surface area contributed by atoms with Crippen LogP contribution in [0.4, 0.5) is 0 Å². The zero-order valence-corrected chi connectivity index (χ0v) is 9.98. The van der Waals surface area contributed by atoms with Gasteiger partial charge < -0.3 is 4.74 Å². The Balaban J connectivity index is 2.01. The van der Waals surface area contributed by atoms with Crippen LogP contribution < -0.4 is 4.72 Å². The molecule has 0 amide bonds. The van der Waals surface area contributed by atoms with Gasteiger partial charge in [0.1, 0.15) is 5.25 Å². The highest BCUT2D eigenvalue weighted by Crippen LogP contribution is 2.53. The molecule has 0 aromatic heterocycles. The van der Waals surface area contributed by atoms with Crippen molar-refractivity contribution in [3.63, 3.8) is 0 Å². The van der Waals surface area contributed by atoms with Gasteiger partial charge >= 0.3 is 5.97 Å². The standard InChI is InChI=1S/C12H9NO4S/c14-11-9-12(17-11)6-5-7-3-1-2-4-8(7)10(12)18(15,16)13-9/h1-6,9-10,13H/t9-,10?,12?/m1/s1. The Morgan fingerprint density at radius 2 is 2.06 bits per heavy atom. The smallest absolute Gasteiger partial charge is 0.329 e. The monoisotopic (exact) mass is 263 g/mol. The van der Waals surface area contributed by atoms with Gasteiger partial charge in [-0.05, 0) is 17.2 Å². The molecular formula is C12H9NO4S. The average Bonchev–Trinajstić information content (AvgIpc) is 2.54. The van der Waals surface area contributed by atoms with Gasteiger partial charge in [0.2, 0.25) is 10.0 Å². The Morgan fingerprint density at radius 1 is 1.28 bits per heavy atom. The van der Waals surface area contributed by atoms with Crippen molar-refractivity contribution in [2.24, 2.45) is 0 Å². The Kier molecular flexibility index (Phi) is 1.62. The Morgan fingerprint density at radius 3 is 2.83 bits per heavy atom. The zero-order chi connectivity index (χ0) is 12.5. The molecule has 0 radical (unpaired) electrons. The summed E-state index contributed by atoms with van der Waals surface area (Å²) in [6, 6.07) is 6.47. The lowest BCUT2D eigenvalue weighted by Gasteiger charge is -2.43. The van der Waals surface area contributed by atoms with Gasteiger partial charge in [-0.25, -0.2) is 8.42 Å². The Bertz CT molecular complexity index is 709. The minimum Gasteiger partial charge on any atom is -0.449 e. The van der Waals surface area contributed by atoms with E-state index in [0.29, 0.717) is 5.56 Å². The van der Waals surface area contributed by atoms with Crippen LogP contribution in [0.2, 0.25) is 0 Å². The number of fused-ring (bicyclic) bond motifs is 2. The average molecular weight is 263 g/mol. The largest absolute Gasteiger partial charge is 0.449 e. The van der Waals surface area contributed by atoms with E-state index in [1.165, 1.54) is 0 Å². The van der Waals surface area contributed by atoms with Gasteiger partial charge in [0.25, 0.3) is 0 Å². The molecule has 2 aliphatic heterocycles. The highest BCUT2D eigenvalue weighted by atomic mass is 32.2. The first kappa shape index (κ1) is 10.3. The summed E-state index contributed by atoms with van der Waals surface area (Å²) in [6.45, 7) is 0. The predicted octanol–water partition coefficient (Wildman–Crippen LogP) is 0.352. The third kappa shape index (κ3) is 0.968. The molecule has 0 saturated carbocycles. The van der Waals surface area contributed by atoms with E-state index in [1.807, 2.05) is 18.2 Å². The summed E-state index contributed by atoms with van der Waals surface area (Å²) in [7, 11) is -3.59. The third-order valence-corrected chi connectivity index (χ3v) is 5.58. The number of rotatable bonds is 0. The molecule has 18 heavy (non-hydrogen) atoms. The number of benzene rings is 1. The second-order valence-corrected chi connectivity index (χ2v) is 6.51. The van der Waals surface area contributed by atoms with Crippen molar-refractivity contribution in [2.45, 2.75) is 16.9 Å². The highest BCUT2D eigenvalue weighted by molar-refractivity contribution is 7.90. The van der Waals surface area contributed by atoms with E-state index < -0.39 is 32.9 Å². The molecule has 2 saturated heterocycles. The van der Waals surface area contributed by atoms with Crippen molar-refractivity contribution >= 4 is 22.1 Å². The molecule has 6 heteroatoms. The molecule has 3 aliphatic rings. The van der Waals surface area contributed by atoms with Crippen LogP contribution in [-0.2, 0) is 19.6 Å². The summed E-state index contributed by atoms with van der Waals surface area (Å²) < 4.78 is 31.9. The summed E-state index contributed by atoms with van der Waals surface area (Å²) in [5.41, 5.74) is 0.481. The van der Waals surface area contributed by atoms with Crippen molar-refractivity contribution in [3.8, 4) is 0 Å². The minimum atomic E-state index is -3.59. The third-order valence-electron chi connectivity index (χ3n) is 3.77. The zero-order valence-electron chi connectivity index (χ0n) is 9.16. The second kappa shape index (κ2) is 2.84. The molecular weight excluding hydrogens is 254 g/mol. The summed E-state index contributed by atoms with van der Waals surface area (Å²) in [6.07, 6.45) is 3.50. The van der Waals surface area contributed by atoms with Crippen LogP contribution in [0.3, 0.4) is 0 Å². The fourth-order valence-corrected chi connectivity index (χ4v) is 5.03. The molecule has 1 N–H and O–H groups in total. The van der Waals surface area contributed by atoms with Crippen LogP contribution in [0.1, 0.15) is 16.4 Å². The fraction of sp³-hybridized carbons (Fsp3) is 0.250. The molecule has 5 nitrogen and oxygen atoms in total. The summed E-state index contributed by atoms with van der Waals surface area (Å²) in [4.78, 5) is 11.4. The highest BCUT2D eigenvalue weighted by Gasteiger charge is 2.71. The number of hydrogen-bond acceptors (Lipinski definition) is 4. The van der Waals surface area contributed by atoms with Gasteiger partial charge in [-0.15, -0.1) is 0 Å². The quantitative estimate of drug-likeness (QED) is 0.686. The maximum Gasteiger partial charge on any atom is 0.329 e. The van der Waals surface area contributed by atoms with Gasteiger partial charge in [0.05, 0.1) is 0 Å². The van der Waals surface area contributed by atoms with E-state index in [1.54, 1.807) is 18.2 Å².